The van der Waals surface area contributed by atoms with Gasteiger partial charge in [0.05, 0.1) is 11.4 Å². The molecule has 4 rings (SSSR count). The number of amides is 1. The number of thiophene rings is 2. The zero-order chi connectivity index (χ0) is 22.0. The Morgan fingerprint density at radius 2 is 1.97 bits per heavy atom. The largest absolute Gasteiger partial charge is 0.356 e. The van der Waals surface area contributed by atoms with Gasteiger partial charge in [-0.1, -0.05) is 32.8 Å². The third-order valence-corrected chi connectivity index (χ3v) is 8.85. The van der Waals surface area contributed by atoms with Crippen LogP contribution in [0.25, 0.3) is 10.2 Å². The van der Waals surface area contributed by atoms with E-state index in [2.05, 4.69) is 65.4 Å². The van der Waals surface area contributed by atoms with Crippen molar-refractivity contribution in [2.75, 3.05) is 18.0 Å². The van der Waals surface area contributed by atoms with Gasteiger partial charge in [0.15, 0.2) is 0 Å². The maximum Gasteiger partial charge on any atom is 0.223 e. The van der Waals surface area contributed by atoms with Gasteiger partial charge in [0.25, 0.3) is 0 Å². The van der Waals surface area contributed by atoms with Crippen LogP contribution in [0.3, 0.4) is 0 Å². The maximum atomic E-state index is 13.2. The van der Waals surface area contributed by atoms with Crippen LogP contribution in [0.2, 0.25) is 0 Å². The highest BCUT2D eigenvalue weighted by atomic mass is 32.1. The molecule has 3 aromatic heterocycles. The predicted octanol–water partition coefficient (Wildman–Crippen LogP) is 5.88. The summed E-state index contributed by atoms with van der Waals surface area (Å²) in [4.78, 5) is 28.3. The van der Waals surface area contributed by atoms with E-state index in [4.69, 9.17) is 0 Å². The standard InChI is InChI=1S/C24H32N4OS2/c1-5-17(6-2)21(19-8-7-13-30-19)27-23(29)18-9-11-28(12-10-18)22-20-15(3)16(4)31-24(20)26-14-25-22/h7-8,13-14,17-18,21H,5-6,9-12H2,1-4H3,(H,27,29). The molecule has 1 saturated heterocycles. The minimum absolute atomic E-state index is 0.0655. The number of anilines is 1. The summed E-state index contributed by atoms with van der Waals surface area (Å²) >= 11 is 3.48. The first-order valence-corrected chi connectivity index (χ1v) is 13.0. The van der Waals surface area contributed by atoms with Crippen molar-refractivity contribution in [1.29, 1.82) is 0 Å². The molecular formula is C24H32N4OS2. The van der Waals surface area contributed by atoms with E-state index in [9.17, 15) is 4.79 Å². The third kappa shape index (κ3) is 4.48. The molecule has 0 spiro atoms. The van der Waals surface area contributed by atoms with Gasteiger partial charge in [-0.25, -0.2) is 9.97 Å². The molecule has 1 aliphatic heterocycles. The highest BCUT2D eigenvalue weighted by Crippen LogP contribution is 2.36. The van der Waals surface area contributed by atoms with E-state index in [0.717, 1.165) is 49.4 Å². The summed E-state index contributed by atoms with van der Waals surface area (Å²) in [7, 11) is 0. The van der Waals surface area contributed by atoms with Crippen LogP contribution in [0.15, 0.2) is 23.8 Å². The van der Waals surface area contributed by atoms with Gasteiger partial charge >= 0.3 is 0 Å². The molecule has 1 atom stereocenters. The number of carbonyl (C=O) groups is 1. The second-order valence-electron chi connectivity index (χ2n) is 8.50. The normalized spacial score (nSPS) is 16.2. The number of aryl methyl sites for hydroxylation is 2. The molecule has 1 aliphatic rings. The van der Waals surface area contributed by atoms with Gasteiger partial charge in [-0.2, -0.15) is 0 Å². The van der Waals surface area contributed by atoms with Crippen molar-refractivity contribution in [3.8, 4) is 0 Å². The summed E-state index contributed by atoms with van der Waals surface area (Å²) in [6, 6.07) is 4.36. The fourth-order valence-electron chi connectivity index (χ4n) is 4.68. The minimum atomic E-state index is 0.0655. The lowest BCUT2D eigenvalue weighted by Gasteiger charge is -2.34. The summed E-state index contributed by atoms with van der Waals surface area (Å²) in [6.07, 6.45) is 5.54. The molecule has 5 nitrogen and oxygen atoms in total. The van der Waals surface area contributed by atoms with Crippen molar-refractivity contribution in [2.24, 2.45) is 11.8 Å². The molecule has 0 saturated carbocycles. The van der Waals surface area contributed by atoms with Gasteiger partial charge in [-0.3, -0.25) is 4.79 Å². The van der Waals surface area contributed by atoms with Gasteiger partial charge in [-0.05, 0) is 49.6 Å². The van der Waals surface area contributed by atoms with Crippen LogP contribution < -0.4 is 10.2 Å². The van der Waals surface area contributed by atoms with Crippen LogP contribution in [-0.2, 0) is 4.79 Å². The lowest BCUT2D eigenvalue weighted by Crippen LogP contribution is -2.43. The lowest BCUT2D eigenvalue weighted by atomic mass is 9.90. The molecule has 3 aromatic rings. The third-order valence-electron chi connectivity index (χ3n) is 6.78. The average molecular weight is 457 g/mol. The van der Waals surface area contributed by atoms with Gasteiger partial charge in [0.2, 0.25) is 5.91 Å². The number of carbonyl (C=O) groups excluding carboxylic acids is 1. The number of rotatable bonds is 7. The molecule has 1 N–H and O–H groups in total. The van der Waals surface area contributed by atoms with Crippen LogP contribution in [0, 0.1) is 25.7 Å². The minimum Gasteiger partial charge on any atom is -0.356 e. The second-order valence-corrected chi connectivity index (χ2v) is 10.7. The van der Waals surface area contributed by atoms with E-state index in [-0.39, 0.29) is 17.9 Å². The Morgan fingerprint density at radius 3 is 2.61 bits per heavy atom. The Bertz CT molecular complexity index is 1020. The SMILES string of the molecule is CCC(CC)C(NC(=O)C1CCN(c2ncnc3sc(C)c(C)c23)CC1)c1cccs1. The zero-order valence-electron chi connectivity index (χ0n) is 18.9. The first kappa shape index (κ1) is 22.2. The monoisotopic (exact) mass is 456 g/mol. The molecule has 0 radical (unpaired) electrons. The number of nitrogens with one attached hydrogen (secondary N) is 1. The topological polar surface area (TPSA) is 58.1 Å². The van der Waals surface area contributed by atoms with Gasteiger partial charge in [0.1, 0.15) is 17.0 Å². The van der Waals surface area contributed by atoms with E-state index in [0.29, 0.717) is 5.92 Å². The van der Waals surface area contributed by atoms with Crippen molar-refractivity contribution >= 4 is 44.6 Å². The number of fused-ring (bicyclic) bond motifs is 1. The van der Waals surface area contributed by atoms with Crippen LogP contribution in [0.4, 0.5) is 5.82 Å². The van der Waals surface area contributed by atoms with Crippen molar-refractivity contribution in [3.05, 3.63) is 39.2 Å². The Kier molecular flexibility index (Phi) is 6.92. The molecule has 0 bridgehead atoms. The fraction of sp³-hybridized carbons (Fsp3) is 0.542. The highest BCUT2D eigenvalue weighted by molar-refractivity contribution is 7.18. The summed E-state index contributed by atoms with van der Waals surface area (Å²) in [6.45, 7) is 10.4. The summed E-state index contributed by atoms with van der Waals surface area (Å²) in [5, 5.41) is 6.70. The first-order chi connectivity index (χ1) is 15.0. The van der Waals surface area contributed by atoms with E-state index in [1.807, 2.05) is 0 Å². The predicted molar refractivity (Wildman–Crippen MR) is 131 cm³/mol. The quantitative estimate of drug-likeness (QED) is 0.482. The molecule has 1 unspecified atom stereocenters. The van der Waals surface area contributed by atoms with E-state index in [1.165, 1.54) is 20.7 Å². The molecule has 166 valence electrons. The van der Waals surface area contributed by atoms with Crippen molar-refractivity contribution in [3.63, 3.8) is 0 Å². The van der Waals surface area contributed by atoms with Crippen molar-refractivity contribution in [1.82, 2.24) is 15.3 Å². The van der Waals surface area contributed by atoms with Crippen LogP contribution in [0.1, 0.15) is 60.9 Å². The number of nitrogens with zero attached hydrogens (tertiary/aromatic N) is 3. The molecular weight excluding hydrogens is 424 g/mol. The van der Waals surface area contributed by atoms with E-state index in [1.54, 1.807) is 29.0 Å². The van der Waals surface area contributed by atoms with Gasteiger partial charge < -0.3 is 10.2 Å². The van der Waals surface area contributed by atoms with Crippen molar-refractivity contribution in [2.45, 2.75) is 59.4 Å². The summed E-state index contributed by atoms with van der Waals surface area (Å²) in [5.74, 6) is 1.78. The Balaban J connectivity index is 1.44. The number of hydrogen-bond donors (Lipinski definition) is 1. The Hall–Kier alpha value is -1.99. The number of hydrogen-bond acceptors (Lipinski definition) is 6. The fourth-order valence-corrected chi connectivity index (χ4v) is 6.54. The molecule has 0 aliphatic carbocycles. The molecule has 4 heterocycles. The molecule has 1 amide bonds. The van der Waals surface area contributed by atoms with Gasteiger partial charge in [-0.15, -0.1) is 22.7 Å². The second kappa shape index (κ2) is 9.65. The average Bonchev–Trinajstić information content (AvgIpc) is 3.42. The van der Waals surface area contributed by atoms with E-state index < -0.39 is 0 Å². The lowest BCUT2D eigenvalue weighted by molar-refractivity contribution is -0.126. The smallest absolute Gasteiger partial charge is 0.223 e. The molecule has 0 aromatic carbocycles. The zero-order valence-corrected chi connectivity index (χ0v) is 20.5. The summed E-state index contributed by atoms with van der Waals surface area (Å²) < 4.78 is 0. The van der Waals surface area contributed by atoms with Crippen molar-refractivity contribution < 1.29 is 4.79 Å². The van der Waals surface area contributed by atoms with Crippen LogP contribution in [0.5, 0.6) is 0 Å². The van der Waals surface area contributed by atoms with Crippen LogP contribution >= 0.6 is 22.7 Å². The van der Waals surface area contributed by atoms with E-state index >= 15 is 0 Å². The first-order valence-electron chi connectivity index (χ1n) is 11.3. The number of piperidine rings is 1. The highest BCUT2D eigenvalue weighted by Gasteiger charge is 2.30. The maximum absolute atomic E-state index is 13.2. The number of aromatic nitrogens is 2. The molecule has 1 fully saturated rings. The molecule has 7 heteroatoms. The van der Waals surface area contributed by atoms with Crippen LogP contribution in [-0.4, -0.2) is 29.0 Å². The summed E-state index contributed by atoms with van der Waals surface area (Å²) in [5.41, 5.74) is 1.28. The molecule has 31 heavy (non-hydrogen) atoms. The Labute approximate surface area is 192 Å². The Morgan fingerprint density at radius 1 is 1.23 bits per heavy atom. The van der Waals surface area contributed by atoms with Gasteiger partial charge in [0, 0.05) is 28.8 Å².